The first-order chi connectivity index (χ1) is 11.0. The Labute approximate surface area is 141 Å². The highest BCUT2D eigenvalue weighted by molar-refractivity contribution is 5.81. The molecular formula is C21H32N2. The normalized spacial score (nSPS) is 19.4. The monoisotopic (exact) mass is 312 g/mol. The van der Waals surface area contributed by atoms with Crippen LogP contribution in [0, 0.1) is 0 Å². The van der Waals surface area contributed by atoms with Gasteiger partial charge < -0.3 is 10.6 Å². The summed E-state index contributed by atoms with van der Waals surface area (Å²) in [6.45, 7) is 11.1. The zero-order valence-corrected chi connectivity index (χ0v) is 15.2. The standard InChI is InChI=1S/C21H32N2/c1-15(2)22-13-21(14-23-16(3)4)19-11-7-5-9-17(19)18-10-6-8-12-20(18)21/h5,7,9,11,15-16,22-23H,6,8,10,12-14H2,1-4H3. The Morgan fingerprint density at radius 1 is 0.913 bits per heavy atom. The molecule has 0 fully saturated rings. The van der Waals surface area contributed by atoms with Crippen LogP contribution in [0.1, 0.15) is 64.5 Å². The summed E-state index contributed by atoms with van der Waals surface area (Å²) in [6, 6.07) is 10.2. The van der Waals surface area contributed by atoms with Gasteiger partial charge in [0.15, 0.2) is 0 Å². The number of hydrogen-bond acceptors (Lipinski definition) is 2. The predicted octanol–water partition coefficient (Wildman–Crippen LogP) is 4.26. The topological polar surface area (TPSA) is 24.1 Å². The van der Waals surface area contributed by atoms with E-state index in [0.717, 1.165) is 13.1 Å². The maximum atomic E-state index is 3.75. The molecule has 0 spiro atoms. The van der Waals surface area contributed by atoms with Gasteiger partial charge in [0.25, 0.3) is 0 Å². The van der Waals surface area contributed by atoms with E-state index in [2.05, 4.69) is 62.6 Å². The minimum Gasteiger partial charge on any atom is -0.313 e. The number of benzene rings is 1. The number of nitrogens with one attached hydrogen (secondary N) is 2. The Balaban J connectivity index is 2.05. The third-order valence-electron chi connectivity index (χ3n) is 5.44. The van der Waals surface area contributed by atoms with Crippen molar-refractivity contribution in [1.29, 1.82) is 0 Å². The summed E-state index contributed by atoms with van der Waals surface area (Å²) in [5, 5.41) is 7.50. The zero-order chi connectivity index (χ0) is 16.4. The van der Waals surface area contributed by atoms with Crippen molar-refractivity contribution in [2.45, 2.75) is 70.9 Å². The van der Waals surface area contributed by atoms with Crippen molar-refractivity contribution in [3.63, 3.8) is 0 Å². The highest BCUT2D eigenvalue weighted by Crippen LogP contribution is 2.51. The third-order valence-corrected chi connectivity index (χ3v) is 5.44. The minimum absolute atomic E-state index is 0.140. The molecule has 1 aromatic rings. The van der Waals surface area contributed by atoms with Crippen molar-refractivity contribution in [2.75, 3.05) is 13.1 Å². The molecule has 2 heteroatoms. The van der Waals surface area contributed by atoms with E-state index in [1.807, 2.05) is 0 Å². The molecule has 0 heterocycles. The number of allylic oxidation sites excluding steroid dienone is 1. The third kappa shape index (κ3) is 3.12. The average Bonchev–Trinajstić information content (AvgIpc) is 2.82. The van der Waals surface area contributed by atoms with Gasteiger partial charge in [-0.1, -0.05) is 57.5 Å². The second kappa shape index (κ2) is 6.78. The molecule has 2 nitrogen and oxygen atoms in total. The molecule has 1 aromatic carbocycles. The lowest BCUT2D eigenvalue weighted by atomic mass is 9.73. The van der Waals surface area contributed by atoms with Gasteiger partial charge in [-0.05, 0) is 42.4 Å². The van der Waals surface area contributed by atoms with E-state index in [1.54, 1.807) is 16.7 Å². The van der Waals surface area contributed by atoms with E-state index in [-0.39, 0.29) is 5.41 Å². The first kappa shape index (κ1) is 16.7. The first-order valence-corrected chi connectivity index (χ1v) is 9.34. The fraction of sp³-hybridized carbons (Fsp3) is 0.619. The molecule has 126 valence electrons. The Bertz CT molecular complexity index is 571. The summed E-state index contributed by atoms with van der Waals surface area (Å²) < 4.78 is 0. The molecule has 3 rings (SSSR count). The molecule has 0 radical (unpaired) electrons. The Morgan fingerprint density at radius 2 is 1.52 bits per heavy atom. The molecule has 2 aliphatic carbocycles. The summed E-state index contributed by atoms with van der Waals surface area (Å²) in [6.07, 6.45) is 5.22. The summed E-state index contributed by atoms with van der Waals surface area (Å²) in [5.74, 6) is 0. The van der Waals surface area contributed by atoms with Crippen molar-refractivity contribution >= 4 is 5.57 Å². The van der Waals surface area contributed by atoms with Gasteiger partial charge in [-0.3, -0.25) is 0 Å². The zero-order valence-electron chi connectivity index (χ0n) is 15.2. The molecule has 0 amide bonds. The van der Waals surface area contributed by atoms with Gasteiger partial charge in [0, 0.05) is 30.6 Å². The van der Waals surface area contributed by atoms with Gasteiger partial charge >= 0.3 is 0 Å². The molecule has 2 aliphatic rings. The molecule has 0 aromatic heterocycles. The van der Waals surface area contributed by atoms with Crippen LogP contribution in [0.4, 0.5) is 0 Å². The molecule has 2 N–H and O–H groups in total. The van der Waals surface area contributed by atoms with Crippen molar-refractivity contribution in [2.24, 2.45) is 0 Å². The first-order valence-electron chi connectivity index (χ1n) is 9.34. The van der Waals surface area contributed by atoms with Crippen LogP contribution in [-0.2, 0) is 5.41 Å². The molecular weight excluding hydrogens is 280 g/mol. The largest absolute Gasteiger partial charge is 0.313 e. The summed E-state index contributed by atoms with van der Waals surface area (Å²) in [4.78, 5) is 0. The predicted molar refractivity (Wildman–Crippen MR) is 99.8 cm³/mol. The van der Waals surface area contributed by atoms with Crippen LogP contribution in [-0.4, -0.2) is 25.2 Å². The van der Waals surface area contributed by atoms with Gasteiger partial charge in [-0.25, -0.2) is 0 Å². The number of rotatable bonds is 6. The summed E-state index contributed by atoms with van der Waals surface area (Å²) in [5.41, 5.74) is 6.58. The Morgan fingerprint density at radius 3 is 2.17 bits per heavy atom. The van der Waals surface area contributed by atoms with Crippen LogP contribution < -0.4 is 10.6 Å². The lowest BCUT2D eigenvalue weighted by molar-refractivity contribution is 0.384. The maximum absolute atomic E-state index is 3.75. The van der Waals surface area contributed by atoms with E-state index in [0.29, 0.717) is 12.1 Å². The van der Waals surface area contributed by atoms with E-state index in [4.69, 9.17) is 0 Å². The van der Waals surface area contributed by atoms with Gasteiger partial charge in [0.05, 0.1) is 0 Å². The molecule has 0 aliphatic heterocycles. The van der Waals surface area contributed by atoms with Gasteiger partial charge in [0.2, 0.25) is 0 Å². The second-order valence-electron chi connectivity index (χ2n) is 7.86. The highest BCUT2D eigenvalue weighted by atomic mass is 15.0. The average molecular weight is 313 g/mol. The second-order valence-corrected chi connectivity index (χ2v) is 7.86. The fourth-order valence-corrected chi connectivity index (χ4v) is 4.28. The lowest BCUT2D eigenvalue weighted by Gasteiger charge is -2.37. The number of hydrogen-bond donors (Lipinski definition) is 2. The highest BCUT2D eigenvalue weighted by Gasteiger charge is 2.44. The van der Waals surface area contributed by atoms with Crippen LogP contribution in [0.3, 0.4) is 0 Å². The Kier molecular flexibility index (Phi) is 4.93. The molecule has 23 heavy (non-hydrogen) atoms. The molecule has 0 bridgehead atoms. The van der Waals surface area contributed by atoms with Crippen molar-refractivity contribution in [3.05, 3.63) is 41.0 Å². The lowest BCUT2D eigenvalue weighted by Crippen LogP contribution is -2.49. The molecule has 0 saturated carbocycles. The van der Waals surface area contributed by atoms with E-state index < -0.39 is 0 Å². The molecule has 0 atom stereocenters. The molecule has 0 saturated heterocycles. The van der Waals surface area contributed by atoms with Crippen LogP contribution >= 0.6 is 0 Å². The Hall–Kier alpha value is -1.12. The van der Waals surface area contributed by atoms with Crippen molar-refractivity contribution < 1.29 is 0 Å². The van der Waals surface area contributed by atoms with Crippen molar-refractivity contribution in [3.8, 4) is 0 Å². The quantitative estimate of drug-likeness (QED) is 0.820. The van der Waals surface area contributed by atoms with E-state index in [1.165, 1.54) is 31.2 Å². The van der Waals surface area contributed by atoms with Crippen LogP contribution in [0.25, 0.3) is 5.57 Å². The van der Waals surface area contributed by atoms with Crippen LogP contribution in [0.15, 0.2) is 29.8 Å². The summed E-state index contributed by atoms with van der Waals surface area (Å²) >= 11 is 0. The van der Waals surface area contributed by atoms with Gasteiger partial charge in [-0.15, -0.1) is 0 Å². The van der Waals surface area contributed by atoms with Crippen molar-refractivity contribution in [1.82, 2.24) is 10.6 Å². The SMILES string of the molecule is CC(C)NCC1(CNC(C)C)C2=C(CCCC2)c2ccccc21. The maximum Gasteiger partial charge on any atom is 0.0422 e. The summed E-state index contributed by atoms with van der Waals surface area (Å²) in [7, 11) is 0. The van der Waals surface area contributed by atoms with Gasteiger partial charge in [-0.2, -0.15) is 0 Å². The van der Waals surface area contributed by atoms with Crippen LogP contribution in [0.5, 0.6) is 0 Å². The van der Waals surface area contributed by atoms with E-state index in [9.17, 15) is 0 Å². The smallest absolute Gasteiger partial charge is 0.0422 e. The molecule has 0 unspecified atom stereocenters. The number of fused-ring (bicyclic) bond motifs is 2. The van der Waals surface area contributed by atoms with E-state index >= 15 is 0 Å². The van der Waals surface area contributed by atoms with Crippen LogP contribution in [0.2, 0.25) is 0 Å². The van der Waals surface area contributed by atoms with Gasteiger partial charge in [0.1, 0.15) is 0 Å². The minimum atomic E-state index is 0.140. The fourth-order valence-electron chi connectivity index (χ4n) is 4.28.